The Labute approximate surface area is 57.7 Å². The van der Waals surface area contributed by atoms with Gasteiger partial charge < -0.3 is 5.32 Å². The van der Waals surface area contributed by atoms with Gasteiger partial charge in [0.2, 0.25) is 0 Å². The van der Waals surface area contributed by atoms with Crippen molar-refractivity contribution in [2.45, 2.75) is 0 Å². The first-order chi connectivity index (χ1) is 4.72. The summed E-state index contributed by atoms with van der Waals surface area (Å²) in [7, 11) is 3.38. The van der Waals surface area contributed by atoms with E-state index in [0.717, 1.165) is 0 Å². The molecule has 0 saturated carbocycles. The zero-order valence-electron chi connectivity index (χ0n) is 5.88. The van der Waals surface area contributed by atoms with E-state index in [1.165, 1.54) is 10.9 Å². The van der Waals surface area contributed by atoms with Crippen LogP contribution in [0.25, 0.3) is 0 Å². The predicted octanol–water partition coefficient (Wildman–Crippen LogP) is -1.36. The highest BCUT2D eigenvalue weighted by molar-refractivity contribution is 5.16. The van der Waals surface area contributed by atoms with Crippen molar-refractivity contribution < 1.29 is 4.68 Å². The van der Waals surface area contributed by atoms with Gasteiger partial charge in [-0.1, -0.05) is 4.68 Å². The molecule has 0 aliphatic carbocycles. The summed E-state index contributed by atoms with van der Waals surface area (Å²) in [5, 5.41) is 6.62. The van der Waals surface area contributed by atoms with Crippen molar-refractivity contribution in [1.29, 1.82) is 0 Å². The summed E-state index contributed by atoms with van der Waals surface area (Å²) >= 11 is 0. The van der Waals surface area contributed by atoms with Gasteiger partial charge in [-0.3, -0.25) is 9.78 Å². The summed E-state index contributed by atoms with van der Waals surface area (Å²) < 4.78 is 1.45. The fourth-order valence-corrected chi connectivity index (χ4v) is 0.643. The molecule has 0 fully saturated rings. The summed E-state index contributed by atoms with van der Waals surface area (Å²) in [6, 6.07) is 0. The van der Waals surface area contributed by atoms with Crippen LogP contribution in [0.4, 0.5) is 5.95 Å². The lowest BCUT2D eigenvalue weighted by atomic mass is 10.8. The molecule has 5 heteroatoms. The number of aryl methyl sites for hydroxylation is 1. The van der Waals surface area contributed by atoms with Crippen molar-refractivity contribution in [3.05, 3.63) is 16.6 Å². The summed E-state index contributed by atoms with van der Waals surface area (Å²) in [4.78, 5) is 13.2. The summed E-state index contributed by atoms with van der Waals surface area (Å²) in [5.41, 5.74) is -0.165. The number of nitrogens with one attached hydrogen (secondary N) is 2. The minimum atomic E-state index is -0.165. The van der Waals surface area contributed by atoms with Gasteiger partial charge >= 0.3 is 5.56 Å². The number of H-pyrrole nitrogens is 1. The minimum Gasteiger partial charge on any atom is -0.354 e. The molecule has 5 nitrogen and oxygen atoms in total. The van der Waals surface area contributed by atoms with E-state index < -0.39 is 0 Å². The van der Waals surface area contributed by atoms with Crippen molar-refractivity contribution in [3.63, 3.8) is 0 Å². The molecule has 1 aromatic heterocycles. The maximum atomic E-state index is 10.7. The highest BCUT2D eigenvalue weighted by Crippen LogP contribution is 1.80. The summed E-state index contributed by atoms with van der Waals surface area (Å²) in [5.74, 6) is 0.468. The van der Waals surface area contributed by atoms with Crippen molar-refractivity contribution in [3.8, 4) is 0 Å². The van der Waals surface area contributed by atoms with Crippen LogP contribution in [0.15, 0.2) is 11.0 Å². The lowest BCUT2D eigenvalue weighted by molar-refractivity contribution is -0.730. The molecule has 0 unspecified atom stereocenters. The van der Waals surface area contributed by atoms with Gasteiger partial charge in [0.1, 0.15) is 0 Å². The number of anilines is 1. The lowest BCUT2D eigenvalue weighted by Gasteiger charge is -1.91. The average molecular weight is 141 g/mol. The third-order valence-electron chi connectivity index (χ3n) is 1.04. The van der Waals surface area contributed by atoms with E-state index >= 15 is 0 Å². The van der Waals surface area contributed by atoms with E-state index in [2.05, 4.69) is 15.4 Å². The third-order valence-corrected chi connectivity index (χ3v) is 1.04. The average Bonchev–Trinajstić information content (AvgIpc) is 1.85. The Morgan fingerprint density at radius 1 is 1.80 bits per heavy atom. The van der Waals surface area contributed by atoms with Crippen LogP contribution in [-0.4, -0.2) is 17.1 Å². The quantitative estimate of drug-likeness (QED) is 0.475. The maximum Gasteiger partial charge on any atom is 0.317 e. The van der Waals surface area contributed by atoms with Gasteiger partial charge in [-0.05, 0) is 0 Å². The van der Waals surface area contributed by atoms with E-state index in [0.29, 0.717) is 5.95 Å². The Morgan fingerprint density at radius 2 is 2.50 bits per heavy atom. The molecule has 54 valence electrons. The van der Waals surface area contributed by atoms with Gasteiger partial charge in [0.05, 0.1) is 0 Å². The fraction of sp³-hybridized carbons (Fsp3) is 0.400. The normalized spacial score (nSPS) is 9.40. The number of hydrogen-bond acceptors (Lipinski definition) is 3. The van der Waals surface area contributed by atoms with Gasteiger partial charge in [-0.15, -0.1) is 0 Å². The second kappa shape index (κ2) is 2.47. The fourth-order valence-electron chi connectivity index (χ4n) is 0.643. The monoisotopic (exact) mass is 141 g/mol. The SMILES string of the molecule is CNc1n[n+](C)cc(=O)[nH]1. The molecule has 0 bridgehead atoms. The Kier molecular flexibility index (Phi) is 1.66. The van der Waals surface area contributed by atoms with Crippen molar-refractivity contribution in [2.75, 3.05) is 12.4 Å². The Hall–Kier alpha value is -1.39. The molecule has 0 saturated heterocycles. The first kappa shape index (κ1) is 6.73. The molecule has 0 aromatic carbocycles. The molecule has 0 atom stereocenters. The topological polar surface area (TPSA) is 61.7 Å². The molecular weight excluding hydrogens is 132 g/mol. The van der Waals surface area contributed by atoms with Crippen LogP contribution in [0.3, 0.4) is 0 Å². The van der Waals surface area contributed by atoms with Gasteiger partial charge in [-0.25, -0.2) is 0 Å². The molecule has 0 radical (unpaired) electrons. The van der Waals surface area contributed by atoms with Crippen molar-refractivity contribution in [2.24, 2.45) is 7.05 Å². The number of aromatic amines is 1. The van der Waals surface area contributed by atoms with Gasteiger partial charge in [0.15, 0.2) is 7.05 Å². The second-order valence-corrected chi connectivity index (χ2v) is 1.89. The zero-order valence-corrected chi connectivity index (χ0v) is 5.88. The van der Waals surface area contributed by atoms with Crippen LogP contribution in [0.2, 0.25) is 0 Å². The molecule has 0 aliphatic heterocycles. The standard InChI is InChI=1S/C5H8N4O/c1-6-5-7-4(10)3-9(2)8-5/h3H,1-2H3,(H-,6,7,8,10)/p+1. The molecule has 1 aromatic rings. The Morgan fingerprint density at radius 3 is 3.00 bits per heavy atom. The van der Waals surface area contributed by atoms with E-state index in [4.69, 9.17) is 0 Å². The Bertz CT molecular complexity index is 279. The van der Waals surface area contributed by atoms with Gasteiger partial charge in [0.25, 0.3) is 12.1 Å². The second-order valence-electron chi connectivity index (χ2n) is 1.89. The predicted molar refractivity (Wildman–Crippen MR) is 35.6 cm³/mol. The van der Waals surface area contributed by atoms with Crippen molar-refractivity contribution in [1.82, 2.24) is 10.1 Å². The highest BCUT2D eigenvalue weighted by Gasteiger charge is 1.99. The van der Waals surface area contributed by atoms with Crippen LogP contribution in [0.1, 0.15) is 0 Å². The number of nitrogens with zero attached hydrogens (tertiary/aromatic N) is 2. The first-order valence-corrected chi connectivity index (χ1v) is 2.87. The van der Waals surface area contributed by atoms with E-state index in [1.54, 1.807) is 14.1 Å². The number of hydrogen-bond donors (Lipinski definition) is 2. The summed E-state index contributed by atoms with van der Waals surface area (Å²) in [6.07, 6.45) is 1.36. The molecule has 10 heavy (non-hydrogen) atoms. The summed E-state index contributed by atoms with van der Waals surface area (Å²) in [6.45, 7) is 0. The number of aromatic nitrogens is 3. The maximum absolute atomic E-state index is 10.7. The molecular formula is C5H9N4O+. The minimum absolute atomic E-state index is 0.165. The first-order valence-electron chi connectivity index (χ1n) is 2.87. The number of rotatable bonds is 1. The molecule has 2 N–H and O–H groups in total. The smallest absolute Gasteiger partial charge is 0.317 e. The molecule has 1 rings (SSSR count). The van der Waals surface area contributed by atoms with Gasteiger partial charge in [-0.2, -0.15) is 0 Å². The van der Waals surface area contributed by atoms with E-state index in [9.17, 15) is 4.79 Å². The van der Waals surface area contributed by atoms with E-state index in [-0.39, 0.29) is 5.56 Å². The van der Waals surface area contributed by atoms with Crippen molar-refractivity contribution >= 4 is 5.95 Å². The highest BCUT2D eigenvalue weighted by atomic mass is 16.1. The molecule has 0 aliphatic rings. The van der Waals surface area contributed by atoms with E-state index in [1.807, 2.05) is 0 Å². The molecule has 0 spiro atoms. The third kappa shape index (κ3) is 1.31. The molecule has 1 heterocycles. The Balaban J connectivity index is 3.19. The largest absolute Gasteiger partial charge is 0.354 e. The van der Waals surface area contributed by atoms with Crippen LogP contribution in [-0.2, 0) is 7.05 Å². The zero-order chi connectivity index (χ0) is 7.56. The van der Waals surface area contributed by atoms with Crippen LogP contribution < -0.4 is 15.6 Å². The molecule has 0 amide bonds. The van der Waals surface area contributed by atoms with Crippen LogP contribution >= 0.6 is 0 Å². The van der Waals surface area contributed by atoms with Crippen LogP contribution in [0, 0.1) is 0 Å². The van der Waals surface area contributed by atoms with Crippen LogP contribution in [0.5, 0.6) is 0 Å². The van der Waals surface area contributed by atoms with Gasteiger partial charge in [0, 0.05) is 12.1 Å². The lowest BCUT2D eigenvalue weighted by Crippen LogP contribution is -2.38.